The van der Waals surface area contributed by atoms with Crippen molar-refractivity contribution in [1.82, 2.24) is 4.98 Å². The standard InChI is InChI=1S/C12H12BrF2N3O/c13-7-3-8-9(16)1-2-10(11(8)17-4-7)18-5-12(14,15)6-19/h1-4,18-19H,5-6,16H2. The molecular formula is C12H12BrF2N3O. The summed E-state index contributed by atoms with van der Waals surface area (Å²) < 4.78 is 26.8. The predicted octanol–water partition coefficient (Wildman–Crippen LogP) is 2.62. The fourth-order valence-corrected chi connectivity index (χ4v) is 1.97. The molecule has 0 bridgehead atoms. The summed E-state index contributed by atoms with van der Waals surface area (Å²) in [5, 5.41) is 11.8. The molecule has 19 heavy (non-hydrogen) atoms. The SMILES string of the molecule is Nc1ccc(NCC(F)(F)CO)c2ncc(Br)cc12. The Kier molecular flexibility index (Phi) is 3.86. The van der Waals surface area contributed by atoms with Crippen molar-refractivity contribution in [2.45, 2.75) is 5.92 Å². The molecule has 4 nitrogen and oxygen atoms in total. The Bertz CT molecular complexity index is 607. The van der Waals surface area contributed by atoms with Crippen LogP contribution < -0.4 is 11.1 Å². The van der Waals surface area contributed by atoms with Gasteiger partial charge in [0.05, 0.1) is 17.7 Å². The number of aliphatic hydroxyl groups excluding tert-OH is 1. The molecule has 0 atom stereocenters. The Labute approximate surface area is 116 Å². The van der Waals surface area contributed by atoms with Crippen LogP contribution in [0.25, 0.3) is 10.9 Å². The summed E-state index contributed by atoms with van der Waals surface area (Å²) in [6.07, 6.45) is 1.57. The van der Waals surface area contributed by atoms with Crippen molar-refractivity contribution in [2.24, 2.45) is 0 Å². The third kappa shape index (κ3) is 3.10. The molecule has 4 N–H and O–H groups in total. The van der Waals surface area contributed by atoms with E-state index >= 15 is 0 Å². The van der Waals surface area contributed by atoms with Gasteiger partial charge >= 0.3 is 0 Å². The van der Waals surface area contributed by atoms with Crippen LogP contribution in [0, 0.1) is 0 Å². The van der Waals surface area contributed by atoms with Crippen LogP contribution >= 0.6 is 15.9 Å². The number of halogens is 3. The molecule has 2 aromatic rings. The summed E-state index contributed by atoms with van der Waals surface area (Å²) in [5.74, 6) is -3.18. The topological polar surface area (TPSA) is 71.2 Å². The van der Waals surface area contributed by atoms with Gasteiger partial charge in [0.15, 0.2) is 0 Å². The smallest absolute Gasteiger partial charge is 0.287 e. The fraction of sp³-hybridized carbons (Fsp3) is 0.250. The summed E-state index contributed by atoms with van der Waals surface area (Å²) in [6, 6.07) is 4.98. The summed E-state index contributed by atoms with van der Waals surface area (Å²) in [5.41, 5.74) is 7.30. The molecule has 1 heterocycles. The largest absolute Gasteiger partial charge is 0.398 e. The van der Waals surface area contributed by atoms with Crippen LogP contribution in [-0.4, -0.2) is 29.2 Å². The molecule has 0 saturated carbocycles. The highest BCUT2D eigenvalue weighted by Crippen LogP contribution is 2.29. The molecule has 102 valence electrons. The van der Waals surface area contributed by atoms with Gasteiger partial charge in [-0.2, -0.15) is 0 Å². The maximum Gasteiger partial charge on any atom is 0.287 e. The number of nitrogen functional groups attached to an aromatic ring is 1. The number of fused-ring (bicyclic) bond motifs is 1. The first-order valence-corrected chi connectivity index (χ1v) is 6.28. The van der Waals surface area contributed by atoms with E-state index in [0.717, 1.165) is 4.47 Å². The van der Waals surface area contributed by atoms with Crippen LogP contribution in [0.3, 0.4) is 0 Å². The van der Waals surface area contributed by atoms with Crippen LogP contribution in [0.2, 0.25) is 0 Å². The van der Waals surface area contributed by atoms with Gasteiger partial charge in [-0.25, -0.2) is 8.78 Å². The van der Waals surface area contributed by atoms with Crippen LogP contribution in [0.15, 0.2) is 28.9 Å². The summed E-state index contributed by atoms with van der Waals surface area (Å²) in [6.45, 7) is -1.87. The fourth-order valence-electron chi connectivity index (χ4n) is 1.64. The third-order valence-electron chi connectivity index (χ3n) is 2.62. The highest BCUT2D eigenvalue weighted by molar-refractivity contribution is 9.10. The van der Waals surface area contributed by atoms with Crippen molar-refractivity contribution in [1.29, 1.82) is 0 Å². The van der Waals surface area contributed by atoms with Crippen molar-refractivity contribution in [3.8, 4) is 0 Å². The van der Waals surface area contributed by atoms with Crippen LogP contribution in [-0.2, 0) is 0 Å². The van der Waals surface area contributed by atoms with Crippen molar-refractivity contribution in [2.75, 3.05) is 24.2 Å². The number of pyridine rings is 1. The number of aliphatic hydroxyl groups is 1. The van der Waals surface area contributed by atoms with Crippen LogP contribution in [0.5, 0.6) is 0 Å². The molecular weight excluding hydrogens is 320 g/mol. The average molecular weight is 332 g/mol. The molecule has 0 unspecified atom stereocenters. The first-order valence-electron chi connectivity index (χ1n) is 5.49. The van der Waals surface area contributed by atoms with Crippen molar-refractivity contribution < 1.29 is 13.9 Å². The van der Waals surface area contributed by atoms with E-state index in [1.54, 1.807) is 24.4 Å². The number of anilines is 2. The van der Waals surface area contributed by atoms with Gasteiger partial charge in [-0.15, -0.1) is 0 Å². The Morgan fingerprint density at radius 1 is 1.42 bits per heavy atom. The van der Waals surface area contributed by atoms with Crippen LogP contribution in [0.4, 0.5) is 20.2 Å². The molecule has 0 aliphatic carbocycles. The van der Waals surface area contributed by atoms with Crippen molar-refractivity contribution >= 4 is 38.2 Å². The van der Waals surface area contributed by atoms with Gasteiger partial charge < -0.3 is 16.2 Å². The Hall–Kier alpha value is -1.47. The zero-order valence-electron chi connectivity index (χ0n) is 9.83. The maximum absolute atomic E-state index is 13.0. The number of nitrogens with zero attached hydrogens (tertiary/aromatic N) is 1. The number of nitrogens with two attached hydrogens (primary N) is 1. The molecule has 0 radical (unpaired) electrons. The van der Waals surface area contributed by atoms with E-state index < -0.39 is 19.1 Å². The molecule has 0 saturated heterocycles. The average Bonchev–Trinajstić information content (AvgIpc) is 2.38. The first kappa shape index (κ1) is 14.0. The summed E-state index contributed by atoms with van der Waals surface area (Å²) in [4.78, 5) is 4.17. The van der Waals surface area contributed by atoms with Gasteiger partial charge in [-0.1, -0.05) is 0 Å². The van der Waals surface area contributed by atoms with Crippen molar-refractivity contribution in [3.05, 3.63) is 28.9 Å². The quantitative estimate of drug-likeness (QED) is 0.753. The molecule has 0 aliphatic rings. The molecule has 0 spiro atoms. The predicted molar refractivity (Wildman–Crippen MR) is 74.4 cm³/mol. The summed E-state index contributed by atoms with van der Waals surface area (Å²) in [7, 11) is 0. The normalized spacial score (nSPS) is 11.8. The highest BCUT2D eigenvalue weighted by Gasteiger charge is 2.27. The van der Waals surface area contributed by atoms with Gasteiger partial charge in [0.1, 0.15) is 6.61 Å². The molecule has 7 heteroatoms. The molecule has 1 aromatic heterocycles. The third-order valence-corrected chi connectivity index (χ3v) is 3.05. The van der Waals surface area contributed by atoms with Gasteiger partial charge in [0, 0.05) is 21.7 Å². The van der Waals surface area contributed by atoms with Gasteiger partial charge in [-0.3, -0.25) is 4.98 Å². The highest BCUT2D eigenvalue weighted by atomic mass is 79.9. The van der Waals surface area contributed by atoms with E-state index in [9.17, 15) is 8.78 Å². The second-order valence-electron chi connectivity index (χ2n) is 4.12. The van der Waals surface area contributed by atoms with Gasteiger partial charge in [0.25, 0.3) is 5.92 Å². The zero-order chi connectivity index (χ0) is 14.0. The number of hydrogen-bond donors (Lipinski definition) is 3. The van der Waals surface area contributed by atoms with E-state index in [4.69, 9.17) is 10.8 Å². The lowest BCUT2D eigenvalue weighted by atomic mass is 10.1. The number of nitrogens with one attached hydrogen (secondary N) is 1. The molecule has 0 amide bonds. The number of benzene rings is 1. The maximum atomic E-state index is 13.0. The summed E-state index contributed by atoms with van der Waals surface area (Å²) >= 11 is 3.28. The molecule has 1 aromatic carbocycles. The van der Waals surface area contributed by atoms with Crippen LogP contribution in [0.1, 0.15) is 0 Å². The Balaban J connectivity index is 2.37. The Morgan fingerprint density at radius 3 is 2.84 bits per heavy atom. The zero-order valence-corrected chi connectivity index (χ0v) is 11.4. The minimum absolute atomic E-state index is 0.449. The minimum Gasteiger partial charge on any atom is -0.398 e. The number of aromatic nitrogens is 1. The number of rotatable bonds is 4. The minimum atomic E-state index is -3.18. The first-order chi connectivity index (χ1) is 8.93. The van der Waals surface area contributed by atoms with E-state index in [0.29, 0.717) is 22.3 Å². The monoisotopic (exact) mass is 331 g/mol. The van der Waals surface area contributed by atoms with E-state index in [2.05, 4.69) is 26.2 Å². The van der Waals surface area contributed by atoms with Crippen molar-refractivity contribution in [3.63, 3.8) is 0 Å². The Morgan fingerprint density at radius 2 is 2.16 bits per heavy atom. The molecule has 2 rings (SSSR count). The lowest BCUT2D eigenvalue weighted by molar-refractivity contribution is -0.0372. The number of alkyl halides is 2. The van der Waals surface area contributed by atoms with E-state index in [1.807, 2.05) is 0 Å². The van der Waals surface area contributed by atoms with E-state index in [-0.39, 0.29) is 0 Å². The van der Waals surface area contributed by atoms with Gasteiger partial charge in [-0.05, 0) is 34.1 Å². The van der Waals surface area contributed by atoms with E-state index in [1.165, 1.54) is 0 Å². The lowest BCUT2D eigenvalue weighted by Gasteiger charge is -2.16. The second-order valence-corrected chi connectivity index (χ2v) is 5.04. The second kappa shape index (κ2) is 5.26. The van der Waals surface area contributed by atoms with Gasteiger partial charge in [0.2, 0.25) is 0 Å². The lowest BCUT2D eigenvalue weighted by Crippen LogP contribution is -2.31. The molecule has 0 fully saturated rings. The number of hydrogen-bond acceptors (Lipinski definition) is 4. The molecule has 0 aliphatic heterocycles.